The number of pyridine rings is 1. The number of benzene rings is 1. The van der Waals surface area contributed by atoms with Crippen molar-refractivity contribution in [3.63, 3.8) is 0 Å². The van der Waals surface area contributed by atoms with Gasteiger partial charge in [-0.1, -0.05) is 45.9 Å². The van der Waals surface area contributed by atoms with Gasteiger partial charge in [-0.15, -0.1) is 0 Å². The molecule has 1 fully saturated rings. The molecule has 138 valence electrons. The quantitative estimate of drug-likeness (QED) is 0.903. The molecule has 0 aliphatic carbocycles. The summed E-state index contributed by atoms with van der Waals surface area (Å²) in [6, 6.07) is 9.50. The van der Waals surface area contributed by atoms with Crippen molar-refractivity contribution < 1.29 is 14.7 Å². The van der Waals surface area contributed by atoms with Gasteiger partial charge in [0.15, 0.2) is 0 Å². The summed E-state index contributed by atoms with van der Waals surface area (Å²) in [6.45, 7) is 8.66. The standard InChI is InChI=1S/C21H26N2O3/c1-13(2)18-11-16(15-7-5-6-8-17(15)22-18)19(24)23-10-9-21(12-23,14(3)4)20(25)26/h5-8,11,13-14H,9-10,12H2,1-4H3,(H,25,26). The van der Waals surface area contributed by atoms with Gasteiger partial charge in [0.05, 0.1) is 16.5 Å². The number of fused-ring (bicyclic) bond motifs is 1. The van der Waals surface area contributed by atoms with Crippen molar-refractivity contribution in [2.45, 2.75) is 40.0 Å². The third-order valence-corrected chi connectivity index (χ3v) is 5.68. The fourth-order valence-electron chi connectivity index (χ4n) is 3.74. The van der Waals surface area contributed by atoms with Crippen LogP contribution in [0.4, 0.5) is 0 Å². The number of hydrogen-bond acceptors (Lipinski definition) is 3. The SMILES string of the molecule is CC(C)c1cc(C(=O)N2CCC(C(=O)O)(C(C)C)C2)c2ccccc2n1. The van der Waals surface area contributed by atoms with Gasteiger partial charge in [0.2, 0.25) is 0 Å². The minimum Gasteiger partial charge on any atom is -0.481 e. The van der Waals surface area contributed by atoms with E-state index in [-0.39, 0.29) is 24.3 Å². The molecule has 0 bridgehead atoms. The Balaban J connectivity index is 2.02. The molecular formula is C21H26N2O3. The van der Waals surface area contributed by atoms with Gasteiger partial charge in [0.25, 0.3) is 5.91 Å². The lowest BCUT2D eigenvalue weighted by Gasteiger charge is -2.28. The van der Waals surface area contributed by atoms with Gasteiger partial charge in [0, 0.05) is 24.2 Å². The van der Waals surface area contributed by atoms with Crippen molar-refractivity contribution >= 4 is 22.8 Å². The molecule has 5 nitrogen and oxygen atoms in total. The van der Waals surface area contributed by atoms with E-state index in [0.717, 1.165) is 16.6 Å². The first kappa shape index (κ1) is 18.4. The summed E-state index contributed by atoms with van der Waals surface area (Å²) in [4.78, 5) is 31.5. The molecule has 1 aromatic heterocycles. The molecule has 1 saturated heterocycles. The van der Waals surface area contributed by atoms with Crippen LogP contribution in [-0.2, 0) is 4.79 Å². The summed E-state index contributed by atoms with van der Waals surface area (Å²) in [5, 5.41) is 10.6. The van der Waals surface area contributed by atoms with E-state index < -0.39 is 11.4 Å². The fourth-order valence-corrected chi connectivity index (χ4v) is 3.74. The Labute approximate surface area is 154 Å². The van der Waals surface area contributed by atoms with Gasteiger partial charge in [-0.3, -0.25) is 14.6 Å². The third kappa shape index (κ3) is 2.96. The van der Waals surface area contributed by atoms with Crippen molar-refractivity contribution in [3.05, 3.63) is 41.6 Å². The van der Waals surface area contributed by atoms with Gasteiger partial charge in [0.1, 0.15) is 0 Å². The molecule has 0 spiro atoms. The van der Waals surface area contributed by atoms with Crippen LogP contribution in [0.2, 0.25) is 0 Å². The molecule has 5 heteroatoms. The summed E-state index contributed by atoms with van der Waals surface area (Å²) < 4.78 is 0. The molecule has 1 N–H and O–H groups in total. The van der Waals surface area contributed by atoms with Gasteiger partial charge in [-0.05, 0) is 30.4 Å². The topological polar surface area (TPSA) is 70.5 Å². The van der Waals surface area contributed by atoms with Crippen molar-refractivity contribution in [3.8, 4) is 0 Å². The number of aromatic nitrogens is 1. The Morgan fingerprint density at radius 2 is 1.88 bits per heavy atom. The van der Waals surface area contributed by atoms with Crippen LogP contribution in [0, 0.1) is 11.3 Å². The molecular weight excluding hydrogens is 328 g/mol. The zero-order valence-corrected chi connectivity index (χ0v) is 15.8. The molecule has 1 unspecified atom stereocenters. The van der Waals surface area contributed by atoms with Crippen molar-refractivity contribution in [1.82, 2.24) is 9.88 Å². The van der Waals surface area contributed by atoms with Crippen LogP contribution in [0.3, 0.4) is 0 Å². The predicted octanol–water partition coefficient (Wildman–Crippen LogP) is 3.93. The van der Waals surface area contributed by atoms with Crippen LogP contribution in [0.25, 0.3) is 10.9 Å². The van der Waals surface area contributed by atoms with Crippen molar-refractivity contribution in [1.29, 1.82) is 0 Å². The van der Waals surface area contributed by atoms with E-state index in [0.29, 0.717) is 18.5 Å². The maximum absolute atomic E-state index is 13.3. The number of amides is 1. The number of nitrogens with zero attached hydrogens (tertiary/aromatic N) is 2. The number of carbonyl (C=O) groups excluding carboxylic acids is 1. The predicted molar refractivity (Wildman–Crippen MR) is 101 cm³/mol. The molecule has 3 rings (SSSR count). The highest BCUT2D eigenvalue weighted by atomic mass is 16.4. The number of carbonyl (C=O) groups is 2. The summed E-state index contributed by atoms with van der Waals surface area (Å²) in [5.74, 6) is -0.740. The van der Waals surface area contributed by atoms with E-state index in [9.17, 15) is 14.7 Å². The highest BCUT2D eigenvalue weighted by Gasteiger charge is 2.48. The Morgan fingerprint density at radius 3 is 2.46 bits per heavy atom. The number of rotatable bonds is 4. The average Bonchev–Trinajstić information content (AvgIpc) is 3.07. The maximum Gasteiger partial charge on any atom is 0.311 e. The van der Waals surface area contributed by atoms with Gasteiger partial charge < -0.3 is 10.0 Å². The van der Waals surface area contributed by atoms with Crippen LogP contribution in [0.15, 0.2) is 30.3 Å². The lowest BCUT2D eigenvalue weighted by atomic mass is 9.76. The van der Waals surface area contributed by atoms with Crippen LogP contribution in [0.1, 0.15) is 56.1 Å². The maximum atomic E-state index is 13.3. The summed E-state index contributed by atoms with van der Waals surface area (Å²) >= 11 is 0. The second-order valence-electron chi connectivity index (χ2n) is 7.86. The van der Waals surface area contributed by atoms with Crippen LogP contribution in [0.5, 0.6) is 0 Å². The van der Waals surface area contributed by atoms with E-state index in [4.69, 9.17) is 0 Å². The number of para-hydroxylation sites is 1. The summed E-state index contributed by atoms with van der Waals surface area (Å²) in [7, 11) is 0. The smallest absolute Gasteiger partial charge is 0.311 e. The minimum atomic E-state index is -0.862. The molecule has 0 saturated carbocycles. The number of carboxylic acids is 1. The molecule has 26 heavy (non-hydrogen) atoms. The second kappa shape index (κ2) is 6.71. The number of carboxylic acid groups (broad SMARTS) is 1. The number of hydrogen-bond donors (Lipinski definition) is 1. The Morgan fingerprint density at radius 1 is 1.19 bits per heavy atom. The molecule has 1 amide bonds. The molecule has 1 aliphatic heterocycles. The second-order valence-corrected chi connectivity index (χ2v) is 7.86. The lowest BCUT2D eigenvalue weighted by molar-refractivity contribution is -0.150. The molecule has 1 aliphatic rings. The fraction of sp³-hybridized carbons (Fsp3) is 0.476. The molecule has 2 heterocycles. The van der Waals surface area contributed by atoms with E-state index >= 15 is 0 Å². The first-order valence-corrected chi connectivity index (χ1v) is 9.18. The van der Waals surface area contributed by atoms with Crippen molar-refractivity contribution in [2.75, 3.05) is 13.1 Å². The number of likely N-dealkylation sites (tertiary alicyclic amines) is 1. The average molecular weight is 354 g/mol. The normalized spacial score (nSPS) is 20.3. The first-order chi connectivity index (χ1) is 12.3. The Bertz CT molecular complexity index is 859. The monoisotopic (exact) mass is 354 g/mol. The van der Waals surface area contributed by atoms with Crippen LogP contribution in [-0.4, -0.2) is 40.0 Å². The summed E-state index contributed by atoms with van der Waals surface area (Å²) in [5.41, 5.74) is 1.43. The molecule has 1 atom stereocenters. The molecule has 2 aromatic rings. The molecule has 1 aromatic carbocycles. The highest BCUT2D eigenvalue weighted by Crippen LogP contribution is 2.39. The van der Waals surface area contributed by atoms with Gasteiger partial charge in [-0.25, -0.2) is 0 Å². The summed E-state index contributed by atoms with van der Waals surface area (Å²) in [6.07, 6.45) is 0.492. The number of aliphatic carboxylic acids is 1. The van der Waals surface area contributed by atoms with Crippen molar-refractivity contribution in [2.24, 2.45) is 11.3 Å². The molecule has 0 radical (unpaired) electrons. The van der Waals surface area contributed by atoms with Crippen LogP contribution < -0.4 is 0 Å². The van der Waals surface area contributed by atoms with E-state index in [1.54, 1.807) is 4.90 Å². The first-order valence-electron chi connectivity index (χ1n) is 9.18. The van der Waals surface area contributed by atoms with E-state index in [1.807, 2.05) is 44.2 Å². The lowest BCUT2D eigenvalue weighted by Crippen LogP contribution is -2.40. The highest BCUT2D eigenvalue weighted by molar-refractivity contribution is 6.06. The third-order valence-electron chi connectivity index (χ3n) is 5.68. The van der Waals surface area contributed by atoms with Crippen LogP contribution >= 0.6 is 0 Å². The van der Waals surface area contributed by atoms with E-state index in [1.165, 1.54) is 0 Å². The Hall–Kier alpha value is -2.43. The largest absolute Gasteiger partial charge is 0.481 e. The zero-order chi connectivity index (χ0) is 19.1. The van der Waals surface area contributed by atoms with Gasteiger partial charge >= 0.3 is 5.97 Å². The minimum absolute atomic E-state index is 0.0294. The zero-order valence-electron chi connectivity index (χ0n) is 15.8. The van der Waals surface area contributed by atoms with Gasteiger partial charge in [-0.2, -0.15) is 0 Å². The Kier molecular flexibility index (Phi) is 4.74. The van der Waals surface area contributed by atoms with E-state index in [2.05, 4.69) is 18.8 Å².